The average Bonchev–Trinajstić information content (AvgIpc) is 3.53. The molecule has 0 saturated heterocycles. The molecule has 1 aliphatic carbocycles. The summed E-state index contributed by atoms with van der Waals surface area (Å²) < 4.78 is 39.9. The third kappa shape index (κ3) is 5.44. The van der Waals surface area contributed by atoms with Crippen LogP contribution in [-0.4, -0.2) is 41.4 Å². The van der Waals surface area contributed by atoms with Gasteiger partial charge in [0.2, 0.25) is 0 Å². The average molecular weight is 562 g/mol. The Morgan fingerprint density at radius 1 is 1.18 bits per heavy atom. The van der Waals surface area contributed by atoms with E-state index in [1.807, 2.05) is 33.8 Å². The summed E-state index contributed by atoms with van der Waals surface area (Å²) >= 11 is 0. The normalized spacial score (nSPS) is 16.0. The number of aryl methyl sites for hydroxylation is 1. The summed E-state index contributed by atoms with van der Waals surface area (Å²) in [7, 11) is -4.01. The first-order valence-electron chi connectivity index (χ1n) is 13.0. The van der Waals surface area contributed by atoms with E-state index < -0.39 is 21.7 Å². The molecule has 208 valence electrons. The van der Waals surface area contributed by atoms with Crippen LogP contribution in [0.25, 0.3) is 27.9 Å². The first-order chi connectivity index (χ1) is 19.0. The number of fused-ring (bicyclic) bond motifs is 1. The number of nitrogens with zero attached hydrogens (tertiary/aromatic N) is 2. The summed E-state index contributed by atoms with van der Waals surface area (Å²) in [6.07, 6.45) is 8.66. The van der Waals surface area contributed by atoms with Gasteiger partial charge in [0.25, 0.3) is 10.0 Å². The molecule has 1 amide bonds. The van der Waals surface area contributed by atoms with Crippen LogP contribution in [0.15, 0.2) is 70.4 Å². The maximum absolute atomic E-state index is 13.8. The third-order valence-electron chi connectivity index (χ3n) is 6.69. The van der Waals surface area contributed by atoms with Gasteiger partial charge in [-0.25, -0.2) is 22.2 Å². The molecule has 0 aliphatic heterocycles. The number of rotatable bonds is 6. The number of aromatic nitrogens is 2. The minimum Gasteiger partial charge on any atom is -0.464 e. The maximum atomic E-state index is 13.8. The van der Waals surface area contributed by atoms with Crippen LogP contribution < -0.4 is 5.32 Å². The van der Waals surface area contributed by atoms with E-state index >= 15 is 0 Å². The highest BCUT2D eigenvalue weighted by molar-refractivity contribution is 7.90. The van der Waals surface area contributed by atoms with Gasteiger partial charge < -0.3 is 14.5 Å². The molecule has 1 N–H and O–H groups in total. The Kier molecular flexibility index (Phi) is 7.14. The van der Waals surface area contributed by atoms with E-state index in [0.29, 0.717) is 41.4 Å². The molecule has 0 saturated carbocycles. The van der Waals surface area contributed by atoms with Crippen LogP contribution in [0.3, 0.4) is 0 Å². The zero-order valence-electron chi connectivity index (χ0n) is 22.8. The first-order valence-corrected chi connectivity index (χ1v) is 14.5. The highest BCUT2D eigenvalue weighted by atomic mass is 32.2. The van der Waals surface area contributed by atoms with Crippen LogP contribution >= 0.6 is 0 Å². The highest BCUT2D eigenvalue weighted by Crippen LogP contribution is 2.39. The van der Waals surface area contributed by atoms with Crippen molar-refractivity contribution in [2.75, 3.05) is 0 Å². The Morgan fingerprint density at radius 2 is 1.93 bits per heavy atom. The van der Waals surface area contributed by atoms with Gasteiger partial charge in [-0.15, -0.1) is 0 Å². The SMILES string of the molecule is Cc1ccc(S(=O)(=O)n2cc(-c3cc(C=O)co3)c3c(C4=CCCC(NC(=O)OC(C)(C)C)C4)ccnc32)cc1. The lowest BCUT2D eigenvalue weighted by atomic mass is 9.88. The molecular formula is C30H31N3O6S. The zero-order chi connectivity index (χ0) is 28.7. The van der Waals surface area contributed by atoms with E-state index in [4.69, 9.17) is 9.15 Å². The summed E-state index contributed by atoms with van der Waals surface area (Å²) in [6, 6.07) is 9.86. The summed E-state index contributed by atoms with van der Waals surface area (Å²) in [4.78, 5) is 28.4. The predicted octanol–water partition coefficient (Wildman–Crippen LogP) is 6.11. The van der Waals surface area contributed by atoms with E-state index in [1.54, 1.807) is 36.5 Å². The smallest absolute Gasteiger partial charge is 0.407 e. The number of furan rings is 1. The van der Waals surface area contributed by atoms with Gasteiger partial charge >= 0.3 is 6.09 Å². The van der Waals surface area contributed by atoms with Crippen LogP contribution in [0.5, 0.6) is 0 Å². The van der Waals surface area contributed by atoms with E-state index in [-0.39, 0.29) is 16.6 Å². The number of benzene rings is 1. The van der Waals surface area contributed by atoms with Gasteiger partial charge in [-0.3, -0.25) is 4.79 Å². The van der Waals surface area contributed by atoms with Gasteiger partial charge in [0.05, 0.1) is 10.5 Å². The number of aldehydes is 1. The number of carbonyl (C=O) groups excluding carboxylic acids is 2. The van der Waals surface area contributed by atoms with Gasteiger partial charge in [-0.2, -0.15) is 0 Å². The number of pyridine rings is 1. The standard InChI is InChI=1S/C30H31N3O6S/c1-19-8-10-23(11-9-19)40(36,37)33-16-25(26-14-20(17-34)18-38-26)27-24(12-13-31-28(27)33)21-6-5-7-22(15-21)32-29(35)39-30(2,3)4/h6,8-14,16-18,22H,5,7,15H2,1-4H3,(H,32,35). The Balaban J connectivity index is 1.62. The molecule has 40 heavy (non-hydrogen) atoms. The van der Waals surface area contributed by atoms with Crippen LogP contribution in [-0.2, 0) is 14.8 Å². The second-order valence-corrected chi connectivity index (χ2v) is 12.7. The van der Waals surface area contributed by atoms with E-state index in [9.17, 15) is 18.0 Å². The number of hydrogen-bond acceptors (Lipinski definition) is 7. The highest BCUT2D eigenvalue weighted by Gasteiger charge is 2.28. The Labute approximate surface area is 232 Å². The van der Waals surface area contributed by atoms with Crippen molar-refractivity contribution in [2.45, 2.75) is 63.5 Å². The molecule has 1 aromatic carbocycles. The summed E-state index contributed by atoms with van der Waals surface area (Å²) in [5, 5.41) is 3.54. The molecule has 1 aliphatic rings. The number of nitrogens with one attached hydrogen (secondary N) is 1. The molecule has 5 rings (SSSR count). The van der Waals surface area contributed by atoms with E-state index in [2.05, 4.69) is 16.4 Å². The predicted molar refractivity (Wildman–Crippen MR) is 152 cm³/mol. The summed E-state index contributed by atoms with van der Waals surface area (Å²) in [5.74, 6) is 0.346. The van der Waals surface area contributed by atoms with Crippen LogP contribution in [0.1, 0.15) is 61.5 Å². The lowest BCUT2D eigenvalue weighted by molar-refractivity contribution is 0.0502. The first kappa shape index (κ1) is 27.4. The molecule has 0 bridgehead atoms. The monoisotopic (exact) mass is 561 g/mol. The number of carbonyl (C=O) groups is 2. The molecule has 4 aromatic rings. The lowest BCUT2D eigenvalue weighted by Crippen LogP contribution is -2.39. The van der Waals surface area contributed by atoms with Crippen molar-refractivity contribution >= 4 is 39.0 Å². The number of allylic oxidation sites excluding steroid dienone is 1. The van der Waals surface area contributed by atoms with Crippen LogP contribution in [0.4, 0.5) is 4.79 Å². The topological polar surface area (TPSA) is 120 Å². The van der Waals surface area contributed by atoms with E-state index in [1.165, 1.54) is 12.5 Å². The van der Waals surface area contributed by atoms with Gasteiger partial charge in [-0.1, -0.05) is 23.8 Å². The molecular weight excluding hydrogens is 530 g/mol. The molecule has 10 heteroatoms. The molecule has 0 radical (unpaired) electrons. The van der Waals surface area contributed by atoms with Crippen molar-refractivity contribution in [3.05, 3.63) is 77.8 Å². The second kappa shape index (κ2) is 10.4. The van der Waals surface area contributed by atoms with Gasteiger partial charge in [0.1, 0.15) is 17.6 Å². The second-order valence-electron chi connectivity index (χ2n) is 10.9. The fourth-order valence-electron chi connectivity index (χ4n) is 4.87. The number of ether oxygens (including phenoxy) is 1. The fraction of sp³-hybridized carbons (Fsp3) is 0.300. The largest absolute Gasteiger partial charge is 0.464 e. The van der Waals surface area contributed by atoms with Crippen molar-refractivity contribution in [2.24, 2.45) is 0 Å². The molecule has 1 unspecified atom stereocenters. The van der Waals surface area contributed by atoms with E-state index in [0.717, 1.165) is 27.1 Å². The Bertz CT molecular complexity index is 1720. The molecule has 3 heterocycles. The minimum absolute atomic E-state index is 0.125. The molecule has 1 atom stereocenters. The van der Waals surface area contributed by atoms with Crippen LogP contribution in [0, 0.1) is 6.92 Å². The number of alkyl carbamates (subject to hydrolysis) is 1. The van der Waals surface area contributed by atoms with Gasteiger partial charge in [-0.05, 0) is 82.4 Å². The van der Waals surface area contributed by atoms with Gasteiger partial charge in [0, 0.05) is 29.4 Å². The number of amides is 1. The van der Waals surface area contributed by atoms with Crippen molar-refractivity contribution in [3.63, 3.8) is 0 Å². The minimum atomic E-state index is -4.01. The van der Waals surface area contributed by atoms with Gasteiger partial charge in [0.15, 0.2) is 11.9 Å². The quantitative estimate of drug-likeness (QED) is 0.282. The van der Waals surface area contributed by atoms with Crippen molar-refractivity contribution in [3.8, 4) is 11.3 Å². The molecule has 3 aromatic heterocycles. The fourth-order valence-corrected chi connectivity index (χ4v) is 6.19. The summed E-state index contributed by atoms with van der Waals surface area (Å²) in [5.41, 5.74) is 3.10. The summed E-state index contributed by atoms with van der Waals surface area (Å²) in [6.45, 7) is 7.33. The molecule has 0 fully saturated rings. The lowest BCUT2D eigenvalue weighted by Gasteiger charge is -2.26. The number of hydrogen-bond donors (Lipinski definition) is 1. The third-order valence-corrected chi connectivity index (χ3v) is 8.36. The Morgan fingerprint density at radius 3 is 2.60 bits per heavy atom. The van der Waals surface area contributed by atoms with Crippen molar-refractivity contribution in [1.29, 1.82) is 0 Å². The van der Waals surface area contributed by atoms with Crippen molar-refractivity contribution < 1.29 is 27.2 Å². The molecule has 9 nitrogen and oxygen atoms in total. The molecule has 0 spiro atoms. The Hall–Kier alpha value is -4.18. The maximum Gasteiger partial charge on any atom is 0.407 e. The van der Waals surface area contributed by atoms with Crippen LogP contribution in [0.2, 0.25) is 0 Å². The zero-order valence-corrected chi connectivity index (χ0v) is 23.6. The van der Waals surface area contributed by atoms with Crippen molar-refractivity contribution in [1.82, 2.24) is 14.3 Å².